The number of nitro groups is 1. The fourth-order valence-electron chi connectivity index (χ4n) is 1.61. The van der Waals surface area contributed by atoms with Gasteiger partial charge in [-0.25, -0.2) is 4.79 Å². The molecule has 7 nitrogen and oxygen atoms in total. The van der Waals surface area contributed by atoms with Gasteiger partial charge in [0.25, 0.3) is 5.69 Å². The van der Waals surface area contributed by atoms with Gasteiger partial charge in [0.15, 0.2) is 0 Å². The Labute approximate surface area is 110 Å². The SMILES string of the molecule is COCC(C)OC(=O)c1cc(C)cc([N+](=O)[O-])c1N. The van der Waals surface area contributed by atoms with E-state index < -0.39 is 17.0 Å². The highest BCUT2D eigenvalue weighted by Gasteiger charge is 2.22. The van der Waals surface area contributed by atoms with Gasteiger partial charge >= 0.3 is 5.97 Å². The number of carbonyl (C=O) groups is 1. The molecule has 1 aromatic rings. The van der Waals surface area contributed by atoms with Gasteiger partial charge in [-0.15, -0.1) is 0 Å². The van der Waals surface area contributed by atoms with Crippen molar-refractivity contribution in [1.29, 1.82) is 0 Å². The molecule has 0 aliphatic heterocycles. The van der Waals surface area contributed by atoms with Crippen LogP contribution in [-0.4, -0.2) is 30.7 Å². The molecule has 0 heterocycles. The second-order valence-electron chi connectivity index (χ2n) is 4.17. The Morgan fingerprint density at radius 2 is 2.16 bits per heavy atom. The molecule has 0 spiro atoms. The molecule has 0 aliphatic rings. The lowest BCUT2D eigenvalue weighted by Gasteiger charge is -2.13. The van der Waals surface area contributed by atoms with Crippen molar-refractivity contribution in [2.24, 2.45) is 0 Å². The first-order chi connectivity index (χ1) is 8.86. The van der Waals surface area contributed by atoms with Crippen LogP contribution in [0.3, 0.4) is 0 Å². The third-order valence-electron chi connectivity index (χ3n) is 2.43. The van der Waals surface area contributed by atoms with E-state index in [1.807, 2.05) is 0 Å². The number of ether oxygens (including phenoxy) is 2. The second-order valence-corrected chi connectivity index (χ2v) is 4.17. The van der Waals surface area contributed by atoms with E-state index in [1.165, 1.54) is 19.2 Å². The molecule has 7 heteroatoms. The van der Waals surface area contributed by atoms with Crippen LogP contribution in [0.15, 0.2) is 12.1 Å². The molecule has 2 N–H and O–H groups in total. The molecular formula is C12H16N2O5. The molecule has 0 amide bonds. The van der Waals surface area contributed by atoms with Gasteiger partial charge in [0.05, 0.1) is 17.1 Å². The normalized spacial score (nSPS) is 11.9. The fourth-order valence-corrected chi connectivity index (χ4v) is 1.61. The highest BCUT2D eigenvalue weighted by Crippen LogP contribution is 2.27. The van der Waals surface area contributed by atoms with Crippen molar-refractivity contribution in [3.8, 4) is 0 Å². The van der Waals surface area contributed by atoms with Gasteiger partial charge in [-0.3, -0.25) is 10.1 Å². The predicted octanol–water partition coefficient (Wildman–Crippen LogP) is 1.68. The molecule has 1 rings (SSSR count). The highest BCUT2D eigenvalue weighted by atomic mass is 16.6. The zero-order chi connectivity index (χ0) is 14.6. The smallest absolute Gasteiger partial charge is 0.340 e. The number of aryl methyl sites for hydroxylation is 1. The minimum atomic E-state index is -0.700. The van der Waals surface area contributed by atoms with Gasteiger partial charge in [-0.1, -0.05) is 0 Å². The number of anilines is 1. The minimum absolute atomic E-state index is 0.00495. The summed E-state index contributed by atoms with van der Waals surface area (Å²) in [4.78, 5) is 22.1. The maximum Gasteiger partial charge on any atom is 0.340 e. The zero-order valence-corrected chi connectivity index (χ0v) is 11.0. The van der Waals surface area contributed by atoms with E-state index in [-0.39, 0.29) is 23.5 Å². The van der Waals surface area contributed by atoms with Crippen LogP contribution in [0.2, 0.25) is 0 Å². The summed E-state index contributed by atoms with van der Waals surface area (Å²) in [5.74, 6) is -0.700. The van der Waals surface area contributed by atoms with E-state index in [0.717, 1.165) is 0 Å². The monoisotopic (exact) mass is 268 g/mol. The van der Waals surface area contributed by atoms with E-state index in [4.69, 9.17) is 15.2 Å². The number of nitrogens with zero attached hydrogens (tertiary/aromatic N) is 1. The number of hydrogen-bond acceptors (Lipinski definition) is 6. The molecule has 0 bridgehead atoms. The molecule has 0 aromatic heterocycles. The number of nitro benzene ring substituents is 1. The fraction of sp³-hybridized carbons (Fsp3) is 0.417. The summed E-state index contributed by atoms with van der Waals surface area (Å²) in [6.07, 6.45) is -0.462. The van der Waals surface area contributed by atoms with Gasteiger partial charge in [0.2, 0.25) is 0 Å². The first-order valence-electron chi connectivity index (χ1n) is 5.61. The number of nitrogen functional groups attached to an aromatic ring is 1. The van der Waals surface area contributed by atoms with Crippen LogP contribution in [0.1, 0.15) is 22.8 Å². The number of nitrogens with two attached hydrogens (primary N) is 1. The third-order valence-corrected chi connectivity index (χ3v) is 2.43. The van der Waals surface area contributed by atoms with Crippen LogP contribution in [0.4, 0.5) is 11.4 Å². The Bertz CT molecular complexity index is 501. The lowest BCUT2D eigenvalue weighted by Crippen LogP contribution is -2.20. The summed E-state index contributed by atoms with van der Waals surface area (Å²) in [6.45, 7) is 3.53. The van der Waals surface area contributed by atoms with Crippen LogP contribution >= 0.6 is 0 Å². The quantitative estimate of drug-likeness (QED) is 0.377. The number of rotatable bonds is 5. The average molecular weight is 268 g/mol. The van der Waals surface area contributed by atoms with Crippen molar-refractivity contribution < 1.29 is 19.2 Å². The molecule has 0 saturated carbocycles. The van der Waals surface area contributed by atoms with Gasteiger partial charge in [0.1, 0.15) is 11.8 Å². The number of benzene rings is 1. The van der Waals surface area contributed by atoms with Crippen LogP contribution < -0.4 is 5.73 Å². The van der Waals surface area contributed by atoms with E-state index in [1.54, 1.807) is 13.8 Å². The maximum absolute atomic E-state index is 11.9. The molecule has 1 atom stereocenters. The molecule has 0 aliphatic carbocycles. The predicted molar refractivity (Wildman–Crippen MR) is 69.0 cm³/mol. The van der Waals surface area contributed by atoms with E-state index in [9.17, 15) is 14.9 Å². The van der Waals surface area contributed by atoms with Gasteiger partial charge in [-0.05, 0) is 25.5 Å². The maximum atomic E-state index is 11.9. The Balaban J connectivity index is 3.06. The van der Waals surface area contributed by atoms with E-state index >= 15 is 0 Å². The Morgan fingerprint density at radius 1 is 1.53 bits per heavy atom. The van der Waals surface area contributed by atoms with Gasteiger partial charge in [0, 0.05) is 13.2 Å². The van der Waals surface area contributed by atoms with Crippen molar-refractivity contribution in [3.63, 3.8) is 0 Å². The molecule has 1 aromatic carbocycles. The molecule has 0 radical (unpaired) electrons. The molecule has 0 saturated heterocycles. The Morgan fingerprint density at radius 3 is 2.68 bits per heavy atom. The van der Waals surface area contributed by atoms with Crippen LogP contribution in [0.5, 0.6) is 0 Å². The van der Waals surface area contributed by atoms with Crippen LogP contribution in [-0.2, 0) is 9.47 Å². The first kappa shape index (κ1) is 14.9. The summed E-state index contributed by atoms with van der Waals surface area (Å²) in [5, 5.41) is 10.8. The first-order valence-corrected chi connectivity index (χ1v) is 5.61. The Hall–Kier alpha value is -2.15. The van der Waals surface area contributed by atoms with Crippen molar-refractivity contribution in [1.82, 2.24) is 0 Å². The summed E-state index contributed by atoms with van der Waals surface area (Å²) >= 11 is 0. The lowest BCUT2D eigenvalue weighted by atomic mass is 10.1. The van der Waals surface area contributed by atoms with Crippen molar-refractivity contribution in [2.75, 3.05) is 19.5 Å². The number of carbonyl (C=O) groups excluding carboxylic acids is 1. The summed E-state index contributed by atoms with van der Waals surface area (Å²) in [6, 6.07) is 2.77. The van der Waals surface area contributed by atoms with Crippen LogP contribution in [0, 0.1) is 17.0 Å². The van der Waals surface area contributed by atoms with Gasteiger partial charge < -0.3 is 15.2 Å². The molecule has 104 valence electrons. The standard InChI is InChI=1S/C12H16N2O5/c1-7-4-9(11(13)10(5-7)14(16)17)12(15)19-8(2)6-18-3/h4-5,8H,6,13H2,1-3H3. The molecule has 1 unspecified atom stereocenters. The van der Waals surface area contributed by atoms with E-state index in [2.05, 4.69) is 0 Å². The summed E-state index contributed by atoms with van der Waals surface area (Å²) < 4.78 is 9.92. The Kier molecular flexibility index (Phi) is 4.82. The van der Waals surface area contributed by atoms with Crippen LogP contribution in [0.25, 0.3) is 0 Å². The minimum Gasteiger partial charge on any atom is -0.457 e. The molecular weight excluding hydrogens is 252 g/mol. The highest BCUT2D eigenvalue weighted by molar-refractivity contribution is 5.97. The largest absolute Gasteiger partial charge is 0.457 e. The molecule has 0 fully saturated rings. The lowest BCUT2D eigenvalue weighted by molar-refractivity contribution is -0.384. The topological polar surface area (TPSA) is 105 Å². The average Bonchev–Trinajstić information content (AvgIpc) is 2.31. The number of hydrogen-bond donors (Lipinski definition) is 1. The second kappa shape index (κ2) is 6.14. The van der Waals surface area contributed by atoms with E-state index in [0.29, 0.717) is 5.56 Å². The van der Waals surface area contributed by atoms with Crippen molar-refractivity contribution in [3.05, 3.63) is 33.4 Å². The van der Waals surface area contributed by atoms with Gasteiger partial charge in [-0.2, -0.15) is 0 Å². The number of esters is 1. The van der Waals surface area contributed by atoms with Crippen molar-refractivity contribution in [2.45, 2.75) is 20.0 Å². The molecule has 19 heavy (non-hydrogen) atoms. The van der Waals surface area contributed by atoms with Crippen molar-refractivity contribution >= 4 is 17.3 Å². The number of methoxy groups -OCH3 is 1. The third kappa shape index (κ3) is 3.65. The summed E-state index contributed by atoms with van der Waals surface area (Å²) in [7, 11) is 1.48. The zero-order valence-electron chi connectivity index (χ0n) is 11.0. The summed E-state index contributed by atoms with van der Waals surface area (Å²) in [5.41, 5.74) is 5.70.